The van der Waals surface area contributed by atoms with Crippen molar-refractivity contribution >= 4 is 0 Å². The van der Waals surface area contributed by atoms with Crippen molar-refractivity contribution in [1.29, 1.82) is 0 Å². The molecule has 2 aromatic heterocycles. The first-order chi connectivity index (χ1) is 11.8. The Morgan fingerprint density at radius 1 is 1.04 bits per heavy atom. The van der Waals surface area contributed by atoms with Gasteiger partial charge in [0.15, 0.2) is 0 Å². The number of ether oxygens (including phenoxy) is 1. The maximum absolute atomic E-state index is 5.60. The Morgan fingerprint density at radius 3 is 2.50 bits per heavy atom. The average molecular weight is 321 g/mol. The highest BCUT2D eigenvalue weighted by atomic mass is 16.5. The summed E-state index contributed by atoms with van der Waals surface area (Å²) in [5.41, 5.74) is 1.18. The summed E-state index contributed by atoms with van der Waals surface area (Å²) >= 11 is 0. The summed E-state index contributed by atoms with van der Waals surface area (Å²) in [5, 5.41) is 0. The summed E-state index contributed by atoms with van der Waals surface area (Å²) in [7, 11) is 0. The molecular formula is C19H19N3O2. The first-order valence-electron chi connectivity index (χ1n) is 7.73. The smallest absolute Gasteiger partial charge is 0.321 e. The Kier molecular flexibility index (Phi) is 5.37. The molecule has 0 unspecified atom stereocenters. The van der Waals surface area contributed by atoms with Gasteiger partial charge in [0.05, 0.1) is 12.8 Å². The second-order valence-electron chi connectivity index (χ2n) is 5.32. The fourth-order valence-corrected chi connectivity index (χ4v) is 2.36. The molecule has 2 heterocycles. The minimum Gasteiger partial charge on any atom is -0.468 e. The molecule has 0 atom stereocenters. The van der Waals surface area contributed by atoms with Gasteiger partial charge in [0.25, 0.3) is 0 Å². The fraction of sp³-hybridized carbons (Fsp3) is 0.158. The van der Waals surface area contributed by atoms with E-state index in [0.717, 1.165) is 25.4 Å². The van der Waals surface area contributed by atoms with Crippen LogP contribution in [0.3, 0.4) is 0 Å². The van der Waals surface area contributed by atoms with Crippen molar-refractivity contribution in [2.45, 2.75) is 13.1 Å². The van der Waals surface area contributed by atoms with E-state index in [4.69, 9.17) is 9.15 Å². The number of aromatic nitrogens is 2. The third-order valence-corrected chi connectivity index (χ3v) is 3.43. The molecule has 0 radical (unpaired) electrons. The predicted octanol–water partition coefficient (Wildman–Crippen LogP) is 4.05. The monoisotopic (exact) mass is 321 g/mol. The van der Waals surface area contributed by atoms with E-state index in [9.17, 15) is 0 Å². The van der Waals surface area contributed by atoms with E-state index in [-0.39, 0.29) is 0 Å². The molecule has 0 saturated heterocycles. The van der Waals surface area contributed by atoms with Gasteiger partial charge < -0.3 is 9.15 Å². The Labute approximate surface area is 141 Å². The largest absolute Gasteiger partial charge is 0.468 e. The van der Waals surface area contributed by atoms with Crippen LogP contribution in [-0.2, 0) is 13.1 Å². The maximum Gasteiger partial charge on any atom is 0.321 e. The second kappa shape index (κ2) is 8.08. The summed E-state index contributed by atoms with van der Waals surface area (Å²) in [6.45, 7) is 6.16. The van der Waals surface area contributed by atoms with Crippen LogP contribution in [0.5, 0.6) is 11.8 Å². The van der Waals surface area contributed by atoms with E-state index in [1.54, 1.807) is 24.7 Å². The molecule has 0 fully saturated rings. The molecule has 122 valence electrons. The number of rotatable bonds is 8. The van der Waals surface area contributed by atoms with Crippen molar-refractivity contribution in [3.8, 4) is 11.8 Å². The fourth-order valence-electron chi connectivity index (χ4n) is 2.36. The highest BCUT2D eigenvalue weighted by Gasteiger charge is 2.08. The van der Waals surface area contributed by atoms with Crippen LogP contribution in [0.1, 0.15) is 11.3 Å². The van der Waals surface area contributed by atoms with Crippen LogP contribution in [0.15, 0.2) is 78.2 Å². The Morgan fingerprint density at radius 2 is 1.83 bits per heavy atom. The number of nitrogens with zero attached hydrogens (tertiary/aromatic N) is 3. The Balaban J connectivity index is 1.62. The van der Waals surface area contributed by atoms with Crippen molar-refractivity contribution in [2.24, 2.45) is 0 Å². The summed E-state index contributed by atoms with van der Waals surface area (Å²) in [6, 6.07) is 13.9. The molecule has 3 rings (SSSR count). The summed E-state index contributed by atoms with van der Waals surface area (Å²) < 4.78 is 11.0. The molecule has 0 spiro atoms. The topological polar surface area (TPSA) is 51.4 Å². The maximum atomic E-state index is 5.60. The van der Waals surface area contributed by atoms with Gasteiger partial charge in [-0.05, 0) is 35.9 Å². The van der Waals surface area contributed by atoms with Gasteiger partial charge in [0.2, 0.25) is 0 Å². The van der Waals surface area contributed by atoms with E-state index in [0.29, 0.717) is 11.8 Å². The lowest BCUT2D eigenvalue weighted by Crippen LogP contribution is -2.22. The number of hydrogen-bond donors (Lipinski definition) is 0. The zero-order chi connectivity index (χ0) is 16.6. The van der Waals surface area contributed by atoms with Crippen LogP contribution in [0, 0.1) is 0 Å². The lowest BCUT2D eigenvalue weighted by atomic mass is 10.2. The summed E-state index contributed by atoms with van der Waals surface area (Å²) in [4.78, 5) is 10.3. The molecule has 0 aliphatic rings. The standard InChI is InChI=1S/C19H19N3O2/c1-2-12-22(15-18-5-3-13-23-18)14-16-6-8-17(9-7-16)24-19-20-10-4-11-21-19/h2-11,13H,1,12,14-15H2. The van der Waals surface area contributed by atoms with Gasteiger partial charge in [-0.2, -0.15) is 0 Å². The van der Waals surface area contributed by atoms with Crippen LogP contribution < -0.4 is 4.74 Å². The molecule has 0 N–H and O–H groups in total. The van der Waals surface area contributed by atoms with Crippen molar-refractivity contribution in [1.82, 2.24) is 14.9 Å². The van der Waals surface area contributed by atoms with Crippen LogP contribution in [0.25, 0.3) is 0 Å². The molecule has 5 heteroatoms. The van der Waals surface area contributed by atoms with Crippen LogP contribution in [-0.4, -0.2) is 21.4 Å². The van der Waals surface area contributed by atoms with Crippen molar-refractivity contribution in [2.75, 3.05) is 6.54 Å². The molecular weight excluding hydrogens is 302 g/mol. The van der Waals surface area contributed by atoms with Gasteiger partial charge in [0.1, 0.15) is 11.5 Å². The molecule has 1 aromatic carbocycles. The minimum absolute atomic E-state index is 0.344. The van der Waals surface area contributed by atoms with Gasteiger partial charge in [-0.1, -0.05) is 18.2 Å². The van der Waals surface area contributed by atoms with Crippen molar-refractivity contribution in [3.63, 3.8) is 0 Å². The van der Waals surface area contributed by atoms with Gasteiger partial charge in [0, 0.05) is 25.5 Å². The van der Waals surface area contributed by atoms with Crippen LogP contribution in [0.2, 0.25) is 0 Å². The number of hydrogen-bond acceptors (Lipinski definition) is 5. The summed E-state index contributed by atoms with van der Waals surface area (Å²) in [6.07, 6.45) is 6.89. The van der Waals surface area contributed by atoms with Crippen molar-refractivity contribution < 1.29 is 9.15 Å². The quantitative estimate of drug-likeness (QED) is 0.586. The zero-order valence-electron chi connectivity index (χ0n) is 13.3. The Hall–Kier alpha value is -2.92. The van der Waals surface area contributed by atoms with Gasteiger partial charge >= 0.3 is 6.01 Å². The molecule has 0 saturated carbocycles. The molecule has 0 aliphatic carbocycles. The molecule has 5 nitrogen and oxygen atoms in total. The molecule has 0 amide bonds. The van der Waals surface area contributed by atoms with Gasteiger partial charge in [-0.15, -0.1) is 6.58 Å². The van der Waals surface area contributed by atoms with Gasteiger partial charge in [-0.3, -0.25) is 4.90 Å². The van der Waals surface area contributed by atoms with Crippen LogP contribution >= 0.6 is 0 Å². The third kappa shape index (κ3) is 4.54. The highest BCUT2D eigenvalue weighted by Crippen LogP contribution is 2.19. The van der Waals surface area contributed by atoms with E-state index >= 15 is 0 Å². The second-order valence-corrected chi connectivity index (χ2v) is 5.32. The van der Waals surface area contributed by atoms with E-state index in [1.807, 2.05) is 42.5 Å². The number of furan rings is 1. The normalized spacial score (nSPS) is 10.7. The zero-order valence-corrected chi connectivity index (χ0v) is 13.3. The highest BCUT2D eigenvalue weighted by molar-refractivity contribution is 5.29. The predicted molar refractivity (Wildman–Crippen MR) is 91.6 cm³/mol. The minimum atomic E-state index is 0.344. The lowest BCUT2D eigenvalue weighted by Gasteiger charge is -2.19. The summed E-state index contributed by atoms with van der Waals surface area (Å²) in [5.74, 6) is 1.66. The van der Waals surface area contributed by atoms with E-state index in [1.165, 1.54) is 5.56 Å². The third-order valence-electron chi connectivity index (χ3n) is 3.43. The van der Waals surface area contributed by atoms with Crippen molar-refractivity contribution in [3.05, 3.63) is 85.1 Å². The first kappa shape index (κ1) is 16.0. The van der Waals surface area contributed by atoms with E-state index < -0.39 is 0 Å². The van der Waals surface area contributed by atoms with Gasteiger partial charge in [-0.25, -0.2) is 9.97 Å². The Bertz CT molecular complexity index is 740. The number of benzene rings is 1. The first-order valence-corrected chi connectivity index (χ1v) is 7.73. The average Bonchev–Trinajstić information content (AvgIpc) is 3.11. The molecule has 24 heavy (non-hydrogen) atoms. The molecule has 3 aromatic rings. The SMILES string of the molecule is C=CCN(Cc1ccc(Oc2ncccn2)cc1)Cc1ccco1. The van der Waals surface area contributed by atoms with Crippen LogP contribution in [0.4, 0.5) is 0 Å². The molecule has 0 bridgehead atoms. The lowest BCUT2D eigenvalue weighted by molar-refractivity contribution is 0.260. The molecule has 0 aliphatic heterocycles. The van der Waals surface area contributed by atoms with E-state index in [2.05, 4.69) is 21.4 Å².